The van der Waals surface area contributed by atoms with E-state index in [1.807, 2.05) is 23.5 Å². The smallest absolute Gasteiger partial charge is 0.0834 e. The molecule has 1 N–H and O–H groups in total. The monoisotopic (exact) mass is 261 g/mol. The molecule has 1 atom stereocenters. The second kappa shape index (κ2) is 6.52. The summed E-state index contributed by atoms with van der Waals surface area (Å²) >= 11 is 8.11. The van der Waals surface area contributed by atoms with Gasteiger partial charge in [-0.05, 0) is 19.2 Å². The van der Waals surface area contributed by atoms with E-state index in [1.165, 1.54) is 0 Å². The van der Waals surface area contributed by atoms with E-state index in [0.29, 0.717) is 5.25 Å². The van der Waals surface area contributed by atoms with Crippen molar-refractivity contribution in [3.05, 3.63) is 16.9 Å². The molecule has 1 aromatic heterocycles. The van der Waals surface area contributed by atoms with Gasteiger partial charge < -0.3 is 5.32 Å². The molecule has 1 rings (SSSR count). The number of halogens is 1. The van der Waals surface area contributed by atoms with Crippen LogP contribution in [0.15, 0.2) is 6.20 Å². The third kappa shape index (κ3) is 3.40. The molecule has 1 heterocycles. The molecule has 92 valence electrons. The Morgan fingerprint density at radius 2 is 2.25 bits per heavy atom. The van der Waals surface area contributed by atoms with E-state index in [1.54, 1.807) is 6.20 Å². The Bertz CT molecular complexity index is 325. The van der Waals surface area contributed by atoms with Crippen LogP contribution in [0.2, 0.25) is 5.02 Å². The van der Waals surface area contributed by atoms with E-state index in [2.05, 4.69) is 31.2 Å². The molecule has 5 heteroatoms. The van der Waals surface area contributed by atoms with Crippen LogP contribution in [-0.2, 0) is 6.54 Å². The lowest BCUT2D eigenvalue weighted by molar-refractivity contribution is 0.549. The van der Waals surface area contributed by atoms with E-state index in [-0.39, 0.29) is 6.04 Å². The van der Waals surface area contributed by atoms with Crippen molar-refractivity contribution < 1.29 is 0 Å². The van der Waals surface area contributed by atoms with Crippen LogP contribution in [0.1, 0.15) is 32.5 Å². The fraction of sp³-hybridized carbons (Fsp3) is 0.727. The van der Waals surface area contributed by atoms with Crippen LogP contribution in [0, 0.1) is 0 Å². The fourth-order valence-electron chi connectivity index (χ4n) is 1.56. The lowest BCUT2D eigenvalue weighted by Gasteiger charge is -2.18. The van der Waals surface area contributed by atoms with Gasteiger partial charge in [0, 0.05) is 12.3 Å². The van der Waals surface area contributed by atoms with Gasteiger partial charge >= 0.3 is 0 Å². The average molecular weight is 262 g/mol. The van der Waals surface area contributed by atoms with Gasteiger partial charge in [-0.2, -0.15) is 16.9 Å². The number of nitrogens with zero attached hydrogens (tertiary/aromatic N) is 2. The maximum atomic E-state index is 6.18. The van der Waals surface area contributed by atoms with Gasteiger partial charge in [0.05, 0.1) is 23.0 Å². The highest BCUT2D eigenvalue weighted by Crippen LogP contribution is 2.26. The molecule has 0 aliphatic carbocycles. The summed E-state index contributed by atoms with van der Waals surface area (Å²) in [7, 11) is 1.97. The largest absolute Gasteiger partial charge is 0.311 e. The van der Waals surface area contributed by atoms with Crippen LogP contribution >= 0.6 is 23.4 Å². The van der Waals surface area contributed by atoms with Crippen molar-refractivity contribution in [2.75, 3.05) is 12.8 Å². The van der Waals surface area contributed by atoms with Gasteiger partial charge in [0.1, 0.15) is 0 Å². The normalized spacial score (nSPS) is 13.4. The van der Waals surface area contributed by atoms with Gasteiger partial charge in [0.2, 0.25) is 0 Å². The van der Waals surface area contributed by atoms with E-state index in [0.717, 1.165) is 23.0 Å². The predicted octanol–water partition coefficient (Wildman–Crippen LogP) is 2.96. The first-order valence-corrected chi connectivity index (χ1v) is 7.02. The molecule has 0 saturated heterocycles. The first kappa shape index (κ1) is 13.9. The van der Waals surface area contributed by atoms with Crippen molar-refractivity contribution in [2.45, 2.75) is 38.6 Å². The molecule has 0 aliphatic heterocycles. The predicted molar refractivity (Wildman–Crippen MR) is 72.3 cm³/mol. The number of aryl methyl sites for hydroxylation is 1. The van der Waals surface area contributed by atoms with Gasteiger partial charge in [-0.25, -0.2) is 0 Å². The third-order valence-corrected chi connectivity index (χ3v) is 3.89. The number of thioether (sulfide) groups is 1. The topological polar surface area (TPSA) is 29.9 Å². The number of hydrogen-bond donors (Lipinski definition) is 1. The molecule has 0 aromatic carbocycles. The summed E-state index contributed by atoms with van der Waals surface area (Å²) in [6, 6.07) is 0.266. The highest BCUT2D eigenvalue weighted by Gasteiger charge is 2.18. The maximum Gasteiger partial charge on any atom is 0.0834 e. The summed E-state index contributed by atoms with van der Waals surface area (Å²) in [5, 5.41) is 8.96. The summed E-state index contributed by atoms with van der Waals surface area (Å²) in [5.41, 5.74) is 1.10. The highest BCUT2D eigenvalue weighted by molar-refractivity contribution is 7.99. The fourth-order valence-corrected chi connectivity index (χ4v) is 2.73. The summed E-state index contributed by atoms with van der Waals surface area (Å²) in [5.74, 6) is 1.01. The van der Waals surface area contributed by atoms with Crippen molar-refractivity contribution >= 4 is 23.4 Å². The Balaban J connectivity index is 2.81. The Labute approximate surface area is 107 Å². The molecule has 0 spiro atoms. The van der Waals surface area contributed by atoms with Crippen LogP contribution in [-0.4, -0.2) is 27.8 Å². The minimum atomic E-state index is 0.266. The molecule has 1 unspecified atom stereocenters. The molecular formula is C11H20ClN3S. The molecule has 1 aromatic rings. The summed E-state index contributed by atoms with van der Waals surface area (Å²) in [6.45, 7) is 7.34. The van der Waals surface area contributed by atoms with E-state index >= 15 is 0 Å². The van der Waals surface area contributed by atoms with Crippen LogP contribution in [0.3, 0.4) is 0 Å². The summed E-state index contributed by atoms with van der Waals surface area (Å²) < 4.78 is 1.96. The molecule has 16 heavy (non-hydrogen) atoms. The first-order valence-electron chi connectivity index (χ1n) is 5.60. The third-order valence-electron chi connectivity index (χ3n) is 2.41. The quantitative estimate of drug-likeness (QED) is 0.854. The SMILES string of the molecule is CCn1ncc(Cl)c1C(CSC(C)C)NC. The second-order valence-corrected chi connectivity index (χ2v) is 5.93. The van der Waals surface area contributed by atoms with Gasteiger partial charge in [0.25, 0.3) is 0 Å². The molecule has 3 nitrogen and oxygen atoms in total. The Hall–Kier alpha value is -0.190. The van der Waals surface area contributed by atoms with E-state index < -0.39 is 0 Å². The van der Waals surface area contributed by atoms with Crippen molar-refractivity contribution in [3.8, 4) is 0 Å². The number of rotatable bonds is 6. The zero-order valence-corrected chi connectivity index (χ0v) is 11.9. The molecule has 0 fully saturated rings. The molecule has 0 bridgehead atoms. The van der Waals surface area contributed by atoms with Crippen molar-refractivity contribution in [1.82, 2.24) is 15.1 Å². The summed E-state index contributed by atoms with van der Waals surface area (Å²) in [6.07, 6.45) is 1.73. The van der Waals surface area contributed by atoms with Crippen molar-refractivity contribution in [3.63, 3.8) is 0 Å². The zero-order valence-electron chi connectivity index (χ0n) is 10.3. The molecule has 0 saturated carbocycles. The standard InChI is InChI=1S/C11H20ClN3S/c1-5-15-11(9(12)6-14-15)10(13-4)7-16-8(2)3/h6,8,10,13H,5,7H2,1-4H3. The van der Waals surface area contributed by atoms with E-state index in [4.69, 9.17) is 11.6 Å². The highest BCUT2D eigenvalue weighted by atomic mass is 35.5. The van der Waals surface area contributed by atoms with Crippen LogP contribution in [0.4, 0.5) is 0 Å². The Kier molecular flexibility index (Phi) is 5.66. The lowest BCUT2D eigenvalue weighted by Crippen LogP contribution is -2.23. The molecule has 0 aliphatic rings. The molecular weight excluding hydrogens is 242 g/mol. The Morgan fingerprint density at radius 1 is 1.56 bits per heavy atom. The number of hydrogen-bond acceptors (Lipinski definition) is 3. The summed E-state index contributed by atoms with van der Waals surface area (Å²) in [4.78, 5) is 0. The van der Waals surface area contributed by atoms with Crippen LogP contribution < -0.4 is 5.32 Å². The maximum absolute atomic E-state index is 6.18. The van der Waals surface area contributed by atoms with Crippen LogP contribution in [0.5, 0.6) is 0 Å². The van der Waals surface area contributed by atoms with Crippen molar-refractivity contribution in [2.24, 2.45) is 0 Å². The van der Waals surface area contributed by atoms with Crippen molar-refractivity contribution in [1.29, 1.82) is 0 Å². The average Bonchev–Trinajstić information content (AvgIpc) is 2.61. The van der Waals surface area contributed by atoms with Gasteiger partial charge in [-0.3, -0.25) is 4.68 Å². The molecule has 0 amide bonds. The van der Waals surface area contributed by atoms with Gasteiger partial charge in [0.15, 0.2) is 0 Å². The van der Waals surface area contributed by atoms with Gasteiger partial charge in [-0.15, -0.1) is 0 Å². The second-order valence-electron chi connectivity index (χ2n) is 3.92. The lowest BCUT2D eigenvalue weighted by atomic mass is 10.2. The van der Waals surface area contributed by atoms with Gasteiger partial charge in [-0.1, -0.05) is 25.4 Å². The first-order chi connectivity index (χ1) is 7.60. The molecule has 0 radical (unpaired) electrons. The van der Waals surface area contributed by atoms with E-state index in [9.17, 15) is 0 Å². The minimum Gasteiger partial charge on any atom is -0.311 e. The number of aromatic nitrogens is 2. The zero-order chi connectivity index (χ0) is 12.1. The minimum absolute atomic E-state index is 0.266. The van der Waals surface area contributed by atoms with Crippen LogP contribution in [0.25, 0.3) is 0 Å². The number of nitrogens with one attached hydrogen (secondary N) is 1. The Morgan fingerprint density at radius 3 is 2.75 bits per heavy atom.